The maximum Gasteiger partial charge on any atom is 0.233 e. The van der Waals surface area contributed by atoms with Crippen molar-refractivity contribution in [2.24, 2.45) is 5.92 Å². The van der Waals surface area contributed by atoms with Crippen LogP contribution in [0.3, 0.4) is 0 Å². The number of nitrogens with one attached hydrogen (secondary N) is 2. The smallest absolute Gasteiger partial charge is 0.233 e. The number of anilines is 1. The zero-order valence-corrected chi connectivity index (χ0v) is 10.0. The van der Waals surface area contributed by atoms with E-state index in [9.17, 15) is 4.79 Å². The lowest BCUT2D eigenvalue weighted by Gasteiger charge is -2.14. The van der Waals surface area contributed by atoms with Gasteiger partial charge in [0.15, 0.2) is 0 Å². The van der Waals surface area contributed by atoms with Crippen LogP contribution in [-0.4, -0.2) is 42.4 Å². The summed E-state index contributed by atoms with van der Waals surface area (Å²) in [4.78, 5) is 11.9. The summed E-state index contributed by atoms with van der Waals surface area (Å²) in [5.74, 6) is -0.220. The monoisotopic (exact) mass is 242 g/mol. The van der Waals surface area contributed by atoms with Gasteiger partial charge in [-0.1, -0.05) is 11.3 Å². The van der Waals surface area contributed by atoms with Gasteiger partial charge >= 0.3 is 0 Å². The number of aromatic nitrogens is 2. The Labute approximate surface area is 97.4 Å². The molecular weight excluding hydrogens is 228 g/mol. The van der Waals surface area contributed by atoms with Gasteiger partial charge in [-0.2, -0.15) is 0 Å². The number of likely N-dealkylation sites (N-methyl/N-ethyl adjacent to an activating group) is 1. The second kappa shape index (κ2) is 4.86. The largest absolute Gasteiger partial charge is 0.379 e. The Bertz CT molecular complexity index is 381. The lowest BCUT2D eigenvalue weighted by molar-refractivity contribution is -0.120. The Morgan fingerprint density at radius 1 is 1.50 bits per heavy atom. The van der Waals surface area contributed by atoms with Gasteiger partial charge in [0.25, 0.3) is 0 Å². The van der Waals surface area contributed by atoms with Crippen LogP contribution >= 0.6 is 11.3 Å². The van der Waals surface area contributed by atoms with Crippen molar-refractivity contribution in [1.29, 1.82) is 0 Å². The van der Waals surface area contributed by atoms with Crippen molar-refractivity contribution in [2.45, 2.75) is 13.0 Å². The Morgan fingerprint density at radius 2 is 2.31 bits per heavy atom. The third-order valence-corrected chi connectivity index (χ3v) is 3.30. The van der Waals surface area contributed by atoms with Crippen molar-refractivity contribution in [1.82, 2.24) is 15.5 Å². The summed E-state index contributed by atoms with van der Waals surface area (Å²) in [7, 11) is 1.83. The van der Waals surface area contributed by atoms with Gasteiger partial charge in [-0.25, -0.2) is 0 Å². The van der Waals surface area contributed by atoms with Gasteiger partial charge in [-0.3, -0.25) is 4.79 Å². The molecular formula is C9H14N4O2S. The van der Waals surface area contributed by atoms with E-state index >= 15 is 0 Å². The minimum Gasteiger partial charge on any atom is -0.379 e. The number of ether oxygens (including phenoxy) is 1. The Balaban J connectivity index is 1.97. The first-order valence-electron chi connectivity index (χ1n) is 5.06. The van der Waals surface area contributed by atoms with Gasteiger partial charge in [-0.15, -0.1) is 10.2 Å². The normalized spacial score (nSPS) is 24.6. The highest BCUT2D eigenvalue weighted by Gasteiger charge is 2.33. The van der Waals surface area contributed by atoms with Crippen LogP contribution in [0.15, 0.2) is 0 Å². The molecule has 1 aliphatic rings. The first kappa shape index (κ1) is 11.4. The molecule has 88 valence electrons. The maximum atomic E-state index is 11.9. The van der Waals surface area contributed by atoms with Gasteiger partial charge in [0, 0.05) is 6.04 Å². The Kier molecular flexibility index (Phi) is 3.47. The van der Waals surface area contributed by atoms with Crippen molar-refractivity contribution in [3.8, 4) is 0 Å². The van der Waals surface area contributed by atoms with Crippen molar-refractivity contribution < 1.29 is 9.53 Å². The molecule has 1 aromatic rings. The van der Waals surface area contributed by atoms with Gasteiger partial charge in [0.2, 0.25) is 11.0 Å². The summed E-state index contributed by atoms with van der Waals surface area (Å²) < 4.78 is 5.27. The third-order valence-electron chi connectivity index (χ3n) is 2.54. The zero-order valence-electron chi connectivity index (χ0n) is 9.19. The Hall–Kier alpha value is -1.05. The molecule has 1 fully saturated rings. The van der Waals surface area contributed by atoms with Crippen molar-refractivity contribution in [3.63, 3.8) is 0 Å². The molecule has 2 N–H and O–H groups in total. The predicted octanol–water partition coefficient (Wildman–Crippen LogP) is 0.0194. The van der Waals surface area contributed by atoms with Crippen molar-refractivity contribution in [3.05, 3.63) is 5.01 Å². The van der Waals surface area contributed by atoms with Crippen LogP contribution in [-0.2, 0) is 9.53 Å². The minimum absolute atomic E-state index is 0.0620. The number of hydrogen-bond donors (Lipinski definition) is 2. The number of nitrogens with zero attached hydrogens (tertiary/aromatic N) is 2. The maximum absolute atomic E-state index is 11.9. The molecule has 0 bridgehead atoms. The average molecular weight is 242 g/mol. The number of aryl methyl sites for hydroxylation is 1. The second-order valence-corrected chi connectivity index (χ2v) is 4.84. The third kappa shape index (κ3) is 2.37. The van der Waals surface area contributed by atoms with E-state index in [1.807, 2.05) is 14.0 Å². The summed E-state index contributed by atoms with van der Waals surface area (Å²) in [6.07, 6.45) is 0. The van der Waals surface area contributed by atoms with Crippen LogP contribution in [0.25, 0.3) is 0 Å². The number of carbonyl (C=O) groups excluding carboxylic acids is 1. The minimum atomic E-state index is -0.158. The second-order valence-electron chi connectivity index (χ2n) is 3.65. The van der Waals surface area contributed by atoms with E-state index in [2.05, 4.69) is 20.8 Å². The summed E-state index contributed by atoms with van der Waals surface area (Å²) in [6.45, 7) is 2.88. The lowest BCUT2D eigenvalue weighted by Crippen LogP contribution is -2.39. The van der Waals surface area contributed by atoms with Crippen LogP contribution in [0.1, 0.15) is 5.01 Å². The highest BCUT2D eigenvalue weighted by Crippen LogP contribution is 2.18. The summed E-state index contributed by atoms with van der Waals surface area (Å²) in [5.41, 5.74) is 0. The molecule has 0 aromatic carbocycles. The summed E-state index contributed by atoms with van der Waals surface area (Å²) >= 11 is 1.37. The van der Waals surface area contributed by atoms with E-state index in [0.29, 0.717) is 18.3 Å². The molecule has 1 amide bonds. The lowest BCUT2D eigenvalue weighted by atomic mass is 10.0. The van der Waals surface area contributed by atoms with E-state index in [-0.39, 0.29) is 17.9 Å². The molecule has 1 aromatic heterocycles. The first-order valence-corrected chi connectivity index (χ1v) is 5.88. The van der Waals surface area contributed by atoms with E-state index in [1.54, 1.807) is 0 Å². The Morgan fingerprint density at radius 3 is 2.94 bits per heavy atom. The number of amides is 1. The van der Waals surface area contributed by atoms with E-state index in [1.165, 1.54) is 11.3 Å². The molecule has 0 radical (unpaired) electrons. The van der Waals surface area contributed by atoms with Crippen LogP contribution in [0.4, 0.5) is 5.13 Å². The number of hydrogen-bond acceptors (Lipinski definition) is 6. The zero-order chi connectivity index (χ0) is 11.5. The fourth-order valence-electron chi connectivity index (χ4n) is 1.64. The van der Waals surface area contributed by atoms with E-state index < -0.39 is 0 Å². The van der Waals surface area contributed by atoms with Crippen molar-refractivity contribution >= 4 is 22.4 Å². The quantitative estimate of drug-likeness (QED) is 0.781. The molecule has 0 saturated carbocycles. The average Bonchev–Trinajstić information content (AvgIpc) is 2.86. The molecule has 1 saturated heterocycles. The van der Waals surface area contributed by atoms with Crippen molar-refractivity contribution in [2.75, 3.05) is 25.6 Å². The highest BCUT2D eigenvalue weighted by atomic mass is 32.1. The highest BCUT2D eigenvalue weighted by molar-refractivity contribution is 7.15. The van der Waals surface area contributed by atoms with Gasteiger partial charge < -0.3 is 15.4 Å². The summed E-state index contributed by atoms with van der Waals surface area (Å²) in [6, 6.07) is 0.0778. The summed E-state index contributed by atoms with van der Waals surface area (Å²) in [5, 5.41) is 14.9. The van der Waals surface area contributed by atoms with E-state index in [0.717, 1.165) is 5.01 Å². The van der Waals surface area contributed by atoms with E-state index in [4.69, 9.17) is 4.74 Å². The standard InChI is InChI=1S/C9H14N4O2S/c1-5-12-13-9(16-5)11-8(14)6-3-15-4-7(6)10-2/h6-7,10H,3-4H2,1-2H3,(H,11,13,14). The fourth-order valence-corrected chi connectivity index (χ4v) is 2.24. The molecule has 0 spiro atoms. The van der Waals surface area contributed by atoms with Gasteiger partial charge in [0.1, 0.15) is 5.01 Å². The molecule has 0 aliphatic carbocycles. The molecule has 2 unspecified atom stereocenters. The molecule has 1 aliphatic heterocycles. The van der Waals surface area contributed by atoms with Crippen LogP contribution in [0.2, 0.25) is 0 Å². The van der Waals surface area contributed by atoms with Crippen LogP contribution in [0, 0.1) is 12.8 Å². The number of carbonyl (C=O) groups is 1. The molecule has 7 heteroatoms. The molecule has 2 heterocycles. The molecule has 6 nitrogen and oxygen atoms in total. The predicted molar refractivity (Wildman–Crippen MR) is 60.4 cm³/mol. The van der Waals surface area contributed by atoms with Crippen LogP contribution in [0.5, 0.6) is 0 Å². The van der Waals surface area contributed by atoms with Crippen LogP contribution < -0.4 is 10.6 Å². The molecule has 2 atom stereocenters. The molecule has 16 heavy (non-hydrogen) atoms. The SMILES string of the molecule is CNC1COCC1C(=O)Nc1nnc(C)s1. The topological polar surface area (TPSA) is 76.1 Å². The van der Waals surface area contributed by atoms with Gasteiger partial charge in [0.05, 0.1) is 19.1 Å². The molecule has 2 rings (SSSR count). The van der Waals surface area contributed by atoms with Gasteiger partial charge in [-0.05, 0) is 14.0 Å². The first-order chi connectivity index (χ1) is 7.70. The number of rotatable bonds is 3. The fraction of sp³-hybridized carbons (Fsp3) is 0.667.